The van der Waals surface area contributed by atoms with Gasteiger partial charge in [-0.05, 0) is 85.3 Å². The van der Waals surface area contributed by atoms with Gasteiger partial charge in [0.1, 0.15) is 17.6 Å². The Morgan fingerprint density at radius 1 is 0.931 bits per heavy atom. The van der Waals surface area contributed by atoms with E-state index in [0.29, 0.717) is 29.4 Å². The Bertz CT molecular complexity index is 2220. The third-order valence-corrected chi connectivity index (χ3v) is 11.5. The van der Waals surface area contributed by atoms with Crippen LogP contribution in [0.2, 0.25) is 0 Å². The summed E-state index contributed by atoms with van der Waals surface area (Å²) >= 11 is 0. The Kier molecular flexibility index (Phi) is 11.7. The fourth-order valence-corrected chi connectivity index (χ4v) is 8.80. The molecule has 8 atom stereocenters. The number of benzene rings is 4. The molecule has 2 heterocycles. The van der Waals surface area contributed by atoms with Crippen molar-refractivity contribution in [3.63, 3.8) is 0 Å². The Morgan fingerprint density at radius 2 is 1.57 bits per heavy atom. The largest absolute Gasteiger partial charge is 0.507 e. The summed E-state index contributed by atoms with van der Waals surface area (Å²) in [5, 5.41) is 30.5. The highest BCUT2D eigenvalue weighted by atomic mass is 19.4. The summed E-state index contributed by atoms with van der Waals surface area (Å²) in [5.41, 5.74) is 10.8. The number of nitrogens with one attached hydrogen (secondary N) is 1. The van der Waals surface area contributed by atoms with E-state index in [1.54, 1.807) is 50.2 Å². The number of ketones is 1. The number of aryl methyl sites for hydroxylation is 1. The lowest BCUT2D eigenvalue weighted by atomic mass is 9.78. The lowest BCUT2D eigenvalue weighted by Gasteiger charge is -2.48. The van der Waals surface area contributed by atoms with Gasteiger partial charge in [0, 0.05) is 23.3 Å². The number of carbonyl (C=O) groups is 2. The van der Waals surface area contributed by atoms with Gasteiger partial charge in [0.05, 0.1) is 66.3 Å². The molecule has 2 saturated heterocycles. The number of phenols is 2. The maximum absolute atomic E-state index is 13.8. The fourth-order valence-electron chi connectivity index (χ4n) is 8.80. The summed E-state index contributed by atoms with van der Waals surface area (Å²) < 4.78 is 67.0. The molecule has 12 nitrogen and oxygen atoms in total. The van der Waals surface area contributed by atoms with Crippen LogP contribution in [0.4, 0.5) is 13.2 Å². The number of amides is 1. The highest BCUT2D eigenvalue weighted by Crippen LogP contribution is 2.51. The lowest BCUT2D eigenvalue weighted by molar-refractivity contribution is -0.196. The predicted octanol–water partition coefficient (Wildman–Crippen LogP) is 8.76. The van der Waals surface area contributed by atoms with Gasteiger partial charge < -0.3 is 34.5 Å². The number of azide groups is 1. The van der Waals surface area contributed by atoms with Gasteiger partial charge in [0.15, 0.2) is 5.78 Å². The number of phenolic OH excluding ortho intramolecular Hbond substituents is 2. The Labute approximate surface area is 332 Å². The van der Waals surface area contributed by atoms with E-state index >= 15 is 0 Å². The maximum Gasteiger partial charge on any atom is 0.471 e. The lowest BCUT2D eigenvalue weighted by Crippen LogP contribution is -2.64. The quantitative estimate of drug-likeness (QED) is 0.0811. The Balaban J connectivity index is 1.31. The zero-order chi connectivity index (χ0) is 41.4. The second-order valence-electron chi connectivity index (χ2n) is 15.6. The number of aromatic hydroxyl groups is 2. The molecule has 2 aliphatic heterocycles. The summed E-state index contributed by atoms with van der Waals surface area (Å²) in [6.45, 7) is 5.09. The summed E-state index contributed by atoms with van der Waals surface area (Å²) in [4.78, 5) is 28.9. The van der Waals surface area contributed by atoms with Gasteiger partial charge in [-0.15, -0.1) is 0 Å². The third-order valence-electron chi connectivity index (χ3n) is 11.5. The van der Waals surface area contributed by atoms with Crippen LogP contribution >= 0.6 is 0 Å². The van der Waals surface area contributed by atoms with Crippen LogP contribution in [0.15, 0.2) is 77.9 Å². The van der Waals surface area contributed by atoms with Crippen molar-refractivity contribution in [2.75, 3.05) is 0 Å². The van der Waals surface area contributed by atoms with E-state index in [4.69, 9.17) is 18.9 Å². The number of hydrogen-bond donors (Lipinski definition) is 3. The van der Waals surface area contributed by atoms with Crippen molar-refractivity contribution >= 4 is 22.5 Å². The molecule has 3 N–H and O–H groups in total. The number of halogens is 3. The van der Waals surface area contributed by atoms with E-state index in [9.17, 15) is 38.5 Å². The second kappa shape index (κ2) is 16.6. The van der Waals surface area contributed by atoms with Crippen molar-refractivity contribution < 1.29 is 51.9 Å². The van der Waals surface area contributed by atoms with E-state index in [1.807, 2.05) is 36.4 Å². The fraction of sp³-hybridized carbons (Fsp3) is 0.442. The maximum atomic E-state index is 13.8. The number of hydrogen-bond acceptors (Lipinski definition) is 9. The molecule has 7 rings (SSSR count). The number of carbonyl (C=O) groups excluding carboxylic acids is 2. The molecule has 1 aliphatic carbocycles. The van der Waals surface area contributed by atoms with Crippen molar-refractivity contribution in [1.82, 2.24) is 5.32 Å². The summed E-state index contributed by atoms with van der Waals surface area (Å²) in [5.74, 6) is -3.33. The zero-order valence-electron chi connectivity index (χ0n) is 32.2. The highest BCUT2D eigenvalue weighted by Gasteiger charge is 2.52. The highest BCUT2D eigenvalue weighted by molar-refractivity contribution is 6.09. The molecule has 15 heteroatoms. The van der Waals surface area contributed by atoms with E-state index < -0.39 is 71.8 Å². The number of alkyl halides is 3. The topological polar surface area (TPSA) is 172 Å². The molecule has 1 amide bonds. The van der Waals surface area contributed by atoms with Crippen molar-refractivity contribution in [3.05, 3.63) is 117 Å². The summed E-state index contributed by atoms with van der Waals surface area (Å²) in [7, 11) is 0. The molecular formula is C43H45F3N4O8. The second-order valence-corrected chi connectivity index (χ2v) is 15.6. The average molecular weight is 803 g/mol. The first-order chi connectivity index (χ1) is 27.7. The predicted molar refractivity (Wildman–Crippen MR) is 206 cm³/mol. The molecule has 306 valence electrons. The van der Waals surface area contributed by atoms with Gasteiger partial charge in [-0.3, -0.25) is 9.59 Å². The molecule has 0 aromatic heterocycles. The average Bonchev–Trinajstić information content (AvgIpc) is 3.17. The van der Waals surface area contributed by atoms with E-state index in [1.165, 1.54) is 6.92 Å². The molecular weight excluding hydrogens is 757 g/mol. The summed E-state index contributed by atoms with van der Waals surface area (Å²) in [6.07, 6.45) is -9.33. The van der Waals surface area contributed by atoms with Crippen LogP contribution < -0.4 is 5.32 Å². The van der Waals surface area contributed by atoms with Crippen LogP contribution in [0.1, 0.15) is 96.8 Å². The van der Waals surface area contributed by atoms with E-state index in [0.717, 1.165) is 11.1 Å². The van der Waals surface area contributed by atoms with Crippen LogP contribution in [0.25, 0.3) is 21.2 Å². The smallest absolute Gasteiger partial charge is 0.471 e. The molecule has 2 fully saturated rings. The normalized spacial score (nSPS) is 27.4. The van der Waals surface area contributed by atoms with Gasteiger partial charge in [-0.2, -0.15) is 13.2 Å². The Morgan fingerprint density at radius 3 is 2.21 bits per heavy atom. The first-order valence-electron chi connectivity index (χ1n) is 19.3. The first kappa shape index (κ1) is 41.0. The van der Waals surface area contributed by atoms with Crippen LogP contribution in [-0.2, 0) is 43.4 Å². The number of nitrogens with zero attached hydrogens (tertiary/aromatic N) is 3. The molecule has 3 aliphatic rings. The molecule has 0 spiro atoms. The first-order valence-corrected chi connectivity index (χ1v) is 19.3. The molecule has 0 radical (unpaired) electrons. The number of ether oxygens (including phenoxy) is 4. The Hall–Kier alpha value is -5.18. The molecule has 4 aromatic carbocycles. The van der Waals surface area contributed by atoms with Crippen LogP contribution in [0, 0.1) is 0 Å². The van der Waals surface area contributed by atoms with Crippen molar-refractivity contribution in [1.29, 1.82) is 0 Å². The van der Waals surface area contributed by atoms with Crippen LogP contribution in [0.3, 0.4) is 0 Å². The van der Waals surface area contributed by atoms with Gasteiger partial charge in [0.25, 0.3) is 0 Å². The SMILES string of the molecule is C[C@@H]1O[C@H](c2cc([C@H]3C[C@@H](N=[N+]=[N-])[C@H](OCc4ccccc4)[C@@H](C)O3)c3cc4c(c(O)c3c2O)C(=O)CCC4)C[C@](C)(NC(=O)C(F)(F)F)[C@@H]1OCc1ccccc1. The molecule has 4 aromatic rings. The molecule has 0 bridgehead atoms. The minimum atomic E-state index is -5.21. The molecule has 58 heavy (non-hydrogen) atoms. The van der Waals surface area contributed by atoms with E-state index in [2.05, 4.69) is 15.3 Å². The zero-order valence-corrected chi connectivity index (χ0v) is 32.2. The van der Waals surface area contributed by atoms with Gasteiger partial charge in [-0.25, -0.2) is 0 Å². The van der Waals surface area contributed by atoms with E-state index in [-0.39, 0.29) is 54.8 Å². The summed E-state index contributed by atoms with van der Waals surface area (Å²) in [6, 6.07) is 21.1. The minimum Gasteiger partial charge on any atom is -0.507 e. The number of rotatable bonds is 10. The van der Waals surface area contributed by atoms with Gasteiger partial charge in [0.2, 0.25) is 0 Å². The van der Waals surface area contributed by atoms with Gasteiger partial charge in [-0.1, -0.05) is 65.8 Å². The van der Waals surface area contributed by atoms with Crippen molar-refractivity contribution in [3.8, 4) is 11.5 Å². The minimum absolute atomic E-state index is 0.0132. The third kappa shape index (κ3) is 8.23. The number of Topliss-reactive ketones (excluding diaryl/α,β-unsaturated/α-hetero) is 1. The number of fused-ring (bicyclic) bond motifs is 2. The van der Waals surface area contributed by atoms with Crippen LogP contribution in [0.5, 0.6) is 11.5 Å². The molecule has 0 saturated carbocycles. The standard InChI is InChI=1S/C43H45F3N4O8/c1-23-39(55-21-25-11-6-4-7-12-25)31(49-50-47)19-33(57-23)28-18-30(37(52)36-29(28)17-27-15-10-16-32(51)35(27)38(36)53)34-20-42(3,48-41(54)43(44,45)46)40(24(2)58-34)56-22-26-13-8-5-9-14-26/h4-9,11-14,17-18,23-24,31,33-34,39-40,52-53H,10,15-16,19-22H2,1-3H3,(H,48,54)/t23-,24+,31-,33-,34+,39-,40-,42+/m1/s1. The van der Waals surface area contributed by atoms with Gasteiger partial charge >= 0.3 is 12.1 Å². The molecule has 0 unspecified atom stereocenters. The monoisotopic (exact) mass is 802 g/mol. The van der Waals surface area contributed by atoms with Crippen molar-refractivity contribution in [2.45, 2.75) is 120 Å². The van der Waals surface area contributed by atoms with Crippen LogP contribution in [-0.4, -0.2) is 64.1 Å². The van der Waals surface area contributed by atoms with Crippen molar-refractivity contribution in [2.24, 2.45) is 5.11 Å².